The van der Waals surface area contributed by atoms with Crippen LogP contribution >= 0.6 is 11.6 Å². The first kappa shape index (κ1) is 15.0. The van der Waals surface area contributed by atoms with Crippen LogP contribution in [-0.4, -0.2) is 21.1 Å². The number of aromatic nitrogens is 2. The molecule has 1 atom stereocenters. The molecule has 5 heteroatoms. The molecule has 2 heterocycles. The van der Waals surface area contributed by atoms with Crippen LogP contribution < -0.4 is 5.32 Å². The predicted molar refractivity (Wildman–Crippen MR) is 88.0 cm³/mol. The number of pyridine rings is 1. The van der Waals surface area contributed by atoms with E-state index in [1.807, 2.05) is 42.7 Å². The van der Waals surface area contributed by atoms with Gasteiger partial charge in [-0.25, -0.2) is 4.98 Å². The highest BCUT2D eigenvalue weighted by Crippen LogP contribution is 2.17. The average Bonchev–Trinajstić information content (AvgIpc) is 2.92. The fourth-order valence-corrected chi connectivity index (χ4v) is 2.60. The number of imidazole rings is 1. The number of fused-ring (bicyclic) bond motifs is 1. The molecule has 2 aromatic heterocycles. The lowest BCUT2D eigenvalue weighted by atomic mass is 10.1. The Bertz CT molecular complexity index is 767. The number of nitrogens with zero attached hydrogens (tertiary/aromatic N) is 2. The Hall–Kier alpha value is -1.88. The number of benzene rings is 1. The van der Waals surface area contributed by atoms with E-state index in [0.717, 1.165) is 16.9 Å². The highest BCUT2D eigenvalue weighted by molar-refractivity contribution is 6.30. The summed E-state index contributed by atoms with van der Waals surface area (Å²) < 4.78 is 2.05. The van der Waals surface area contributed by atoms with Gasteiger partial charge in [-0.3, -0.25) is 0 Å². The molecular formula is C17H18ClN3O. The first-order valence-corrected chi connectivity index (χ1v) is 7.57. The van der Waals surface area contributed by atoms with Crippen LogP contribution in [0.5, 0.6) is 0 Å². The van der Waals surface area contributed by atoms with Crippen LogP contribution in [0.25, 0.3) is 5.65 Å². The fraction of sp³-hybridized carbons (Fsp3) is 0.235. The van der Waals surface area contributed by atoms with E-state index in [1.165, 1.54) is 5.56 Å². The molecule has 4 nitrogen and oxygen atoms in total. The number of aliphatic hydroxyl groups is 1. The van der Waals surface area contributed by atoms with Crippen LogP contribution in [0.4, 0.5) is 0 Å². The van der Waals surface area contributed by atoms with Crippen LogP contribution in [0.2, 0.25) is 5.02 Å². The first-order chi connectivity index (χ1) is 10.7. The van der Waals surface area contributed by atoms with Crippen molar-refractivity contribution in [1.82, 2.24) is 14.7 Å². The van der Waals surface area contributed by atoms with Crippen molar-refractivity contribution < 1.29 is 5.11 Å². The number of hydrogen-bond donors (Lipinski definition) is 2. The van der Waals surface area contributed by atoms with E-state index >= 15 is 0 Å². The normalized spacial score (nSPS) is 12.7. The van der Waals surface area contributed by atoms with Crippen molar-refractivity contribution in [2.75, 3.05) is 6.61 Å². The molecule has 1 aromatic carbocycles. The summed E-state index contributed by atoms with van der Waals surface area (Å²) in [5.74, 6) is 0. The van der Waals surface area contributed by atoms with E-state index in [9.17, 15) is 5.11 Å². The summed E-state index contributed by atoms with van der Waals surface area (Å²) >= 11 is 5.90. The van der Waals surface area contributed by atoms with Gasteiger partial charge in [0, 0.05) is 17.8 Å². The van der Waals surface area contributed by atoms with E-state index in [2.05, 4.69) is 27.7 Å². The van der Waals surface area contributed by atoms with E-state index in [-0.39, 0.29) is 12.6 Å². The van der Waals surface area contributed by atoms with Gasteiger partial charge in [-0.15, -0.1) is 0 Å². The summed E-state index contributed by atoms with van der Waals surface area (Å²) in [5, 5.41) is 13.7. The Morgan fingerprint density at radius 2 is 2.05 bits per heavy atom. The summed E-state index contributed by atoms with van der Waals surface area (Å²) in [5.41, 5.74) is 4.19. The lowest BCUT2D eigenvalue weighted by molar-refractivity contribution is 0.243. The molecular weight excluding hydrogens is 298 g/mol. The molecule has 1 unspecified atom stereocenters. The topological polar surface area (TPSA) is 49.6 Å². The number of rotatable bonds is 5. The predicted octanol–water partition coefficient (Wildman–Crippen LogP) is 3.12. The minimum absolute atomic E-state index is 0.0253. The Morgan fingerprint density at radius 1 is 1.27 bits per heavy atom. The SMILES string of the molecule is Cc1ccn2c(CNC(CO)c3ccc(Cl)cc3)cnc2c1. The molecule has 0 spiro atoms. The van der Waals surface area contributed by atoms with Crippen LogP contribution in [0.3, 0.4) is 0 Å². The molecule has 2 N–H and O–H groups in total. The summed E-state index contributed by atoms with van der Waals surface area (Å²) in [6.45, 7) is 2.70. The summed E-state index contributed by atoms with van der Waals surface area (Å²) in [6.07, 6.45) is 3.88. The molecule has 0 bridgehead atoms. The number of halogens is 1. The van der Waals surface area contributed by atoms with E-state index in [1.54, 1.807) is 0 Å². The molecule has 0 aliphatic heterocycles. The Morgan fingerprint density at radius 3 is 2.77 bits per heavy atom. The quantitative estimate of drug-likeness (QED) is 0.760. The Balaban J connectivity index is 1.75. The second kappa shape index (κ2) is 6.48. The third-order valence-corrected chi connectivity index (χ3v) is 3.98. The molecule has 0 saturated carbocycles. The highest BCUT2D eigenvalue weighted by atomic mass is 35.5. The monoisotopic (exact) mass is 315 g/mol. The molecule has 114 valence electrons. The first-order valence-electron chi connectivity index (χ1n) is 7.19. The van der Waals surface area contributed by atoms with E-state index < -0.39 is 0 Å². The Labute approximate surface area is 134 Å². The van der Waals surface area contributed by atoms with Crippen molar-refractivity contribution in [1.29, 1.82) is 0 Å². The molecule has 0 aliphatic carbocycles. The minimum atomic E-state index is -0.131. The number of aliphatic hydroxyl groups excluding tert-OH is 1. The van der Waals surface area contributed by atoms with Gasteiger partial charge in [0.1, 0.15) is 5.65 Å². The largest absolute Gasteiger partial charge is 0.394 e. The molecule has 3 rings (SSSR count). The summed E-state index contributed by atoms with van der Waals surface area (Å²) in [6, 6.07) is 11.5. The zero-order chi connectivity index (χ0) is 15.5. The summed E-state index contributed by atoms with van der Waals surface area (Å²) in [4.78, 5) is 4.41. The lowest BCUT2D eigenvalue weighted by Gasteiger charge is -2.16. The number of aryl methyl sites for hydroxylation is 1. The van der Waals surface area contributed by atoms with Gasteiger partial charge in [0.15, 0.2) is 0 Å². The second-order valence-electron chi connectivity index (χ2n) is 5.35. The maximum atomic E-state index is 9.61. The summed E-state index contributed by atoms with van der Waals surface area (Å²) in [7, 11) is 0. The molecule has 3 aromatic rings. The smallest absolute Gasteiger partial charge is 0.137 e. The molecule has 0 amide bonds. The van der Waals surface area contributed by atoms with Crippen molar-refractivity contribution >= 4 is 17.2 Å². The Kier molecular flexibility index (Phi) is 4.43. The van der Waals surface area contributed by atoms with Gasteiger partial charge in [0.25, 0.3) is 0 Å². The third kappa shape index (κ3) is 3.14. The molecule has 0 aliphatic rings. The fourth-order valence-electron chi connectivity index (χ4n) is 2.48. The molecule has 22 heavy (non-hydrogen) atoms. The van der Waals surface area contributed by atoms with Crippen LogP contribution in [-0.2, 0) is 6.54 Å². The van der Waals surface area contributed by atoms with Crippen molar-refractivity contribution in [3.05, 3.63) is 70.6 Å². The van der Waals surface area contributed by atoms with E-state index in [0.29, 0.717) is 11.6 Å². The highest BCUT2D eigenvalue weighted by Gasteiger charge is 2.11. The zero-order valence-electron chi connectivity index (χ0n) is 12.3. The van der Waals surface area contributed by atoms with Crippen LogP contribution in [0, 0.1) is 6.92 Å². The van der Waals surface area contributed by atoms with Crippen molar-refractivity contribution in [2.45, 2.75) is 19.5 Å². The van der Waals surface area contributed by atoms with Gasteiger partial charge in [-0.2, -0.15) is 0 Å². The maximum Gasteiger partial charge on any atom is 0.137 e. The average molecular weight is 316 g/mol. The standard InChI is InChI=1S/C17H18ClN3O/c1-12-6-7-21-15(10-20-17(21)8-12)9-19-16(11-22)13-2-4-14(18)5-3-13/h2-8,10,16,19,22H,9,11H2,1H3. The lowest BCUT2D eigenvalue weighted by Crippen LogP contribution is -2.24. The van der Waals surface area contributed by atoms with Gasteiger partial charge in [-0.05, 0) is 42.3 Å². The minimum Gasteiger partial charge on any atom is -0.394 e. The van der Waals surface area contributed by atoms with Crippen molar-refractivity contribution in [3.63, 3.8) is 0 Å². The van der Waals surface area contributed by atoms with Gasteiger partial charge < -0.3 is 14.8 Å². The molecule has 0 saturated heterocycles. The maximum absolute atomic E-state index is 9.61. The zero-order valence-corrected chi connectivity index (χ0v) is 13.1. The van der Waals surface area contributed by atoms with E-state index in [4.69, 9.17) is 11.6 Å². The van der Waals surface area contributed by atoms with Crippen molar-refractivity contribution in [3.8, 4) is 0 Å². The van der Waals surface area contributed by atoms with Crippen molar-refractivity contribution in [2.24, 2.45) is 0 Å². The van der Waals surface area contributed by atoms with Crippen LogP contribution in [0.1, 0.15) is 22.9 Å². The van der Waals surface area contributed by atoms with Gasteiger partial charge in [-0.1, -0.05) is 23.7 Å². The molecule has 0 radical (unpaired) electrons. The van der Waals surface area contributed by atoms with Gasteiger partial charge in [0.05, 0.1) is 24.5 Å². The molecule has 0 fully saturated rings. The third-order valence-electron chi connectivity index (χ3n) is 3.73. The number of hydrogen-bond acceptors (Lipinski definition) is 3. The van der Waals surface area contributed by atoms with Gasteiger partial charge in [0.2, 0.25) is 0 Å². The number of nitrogens with one attached hydrogen (secondary N) is 1. The van der Waals surface area contributed by atoms with Gasteiger partial charge >= 0.3 is 0 Å². The van der Waals surface area contributed by atoms with Crippen LogP contribution in [0.15, 0.2) is 48.8 Å². The second-order valence-corrected chi connectivity index (χ2v) is 5.79.